The van der Waals surface area contributed by atoms with E-state index in [-0.39, 0.29) is 0 Å². The number of nitrogens with zero attached hydrogens (tertiary/aromatic N) is 5. The van der Waals surface area contributed by atoms with E-state index in [0.29, 0.717) is 5.92 Å². The van der Waals surface area contributed by atoms with Crippen molar-refractivity contribution in [2.24, 2.45) is 5.92 Å². The second-order valence-corrected chi connectivity index (χ2v) is 5.83. The Hall–Kier alpha value is -1.69. The van der Waals surface area contributed by atoms with Gasteiger partial charge in [0.15, 0.2) is 5.82 Å². The second kappa shape index (κ2) is 6.39. The molecule has 21 heavy (non-hydrogen) atoms. The second-order valence-electron chi connectivity index (χ2n) is 5.83. The summed E-state index contributed by atoms with van der Waals surface area (Å²) in [5.41, 5.74) is 0. The molecule has 0 aliphatic carbocycles. The first-order valence-electron chi connectivity index (χ1n) is 7.76. The molecule has 1 saturated heterocycles. The summed E-state index contributed by atoms with van der Waals surface area (Å²) in [6, 6.07) is 0. The Balaban J connectivity index is 1.56. The van der Waals surface area contributed by atoms with Gasteiger partial charge >= 0.3 is 0 Å². The maximum absolute atomic E-state index is 5.30. The highest BCUT2D eigenvalue weighted by molar-refractivity contribution is 4.90. The van der Waals surface area contributed by atoms with Crippen molar-refractivity contribution >= 4 is 0 Å². The summed E-state index contributed by atoms with van der Waals surface area (Å²) in [7, 11) is 0. The normalized spacial score (nSPS) is 20.0. The zero-order valence-corrected chi connectivity index (χ0v) is 12.8. The van der Waals surface area contributed by atoms with Gasteiger partial charge in [-0.2, -0.15) is 4.98 Å². The highest BCUT2D eigenvalue weighted by Gasteiger charge is 2.22. The Kier molecular flexibility index (Phi) is 4.34. The number of hydrogen-bond donors (Lipinski definition) is 0. The van der Waals surface area contributed by atoms with Crippen molar-refractivity contribution in [2.75, 3.05) is 13.1 Å². The van der Waals surface area contributed by atoms with Crippen LogP contribution in [0.25, 0.3) is 0 Å². The van der Waals surface area contributed by atoms with Crippen LogP contribution in [0.5, 0.6) is 0 Å². The number of aromatic nitrogens is 4. The first-order valence-corrected chi connectivity index (χ1v) is 7.76. The molecule has 0 radical (unpaired) electrons. The predicted molar refractivity (Wildman–Crippen MR) is 78.6 cm³/mol. The van der Waals surface area contributed by atoms with Gasteiger partial charge in [0.1, 0.15) is 5.82 Å². The third kappa shape index (κ3) is 3.50. The van der Waals surface area contributed by atoms with Gasteiger partial charge in [0, 0.05) is 31.9 Å². The number of aryl methyl sites for hydroxylation is 2. The van der Waals surface area contributed by atoms with Crippen LogP contribution in [-0.4, -0.2) is 37.7 Å². The average molecular weight is 289 g/mol. The Morgan fingerprint density at radius 1 is 1.43 bits per heavy atom. The molecule has 2 aromatic heterocycles. The van der Waals surface area contributed by atoms with E-state index in [1.807, 2.05) is 13.1 Å². The van der Waals surface area contributed by atoms with E-state index in [2.05, 4.69) is 37.7 Å². The average Bonchev–Trinajstić information content (AvgIpc) is 3.09. The Morgan fingerprint density at radius 2 is 2.33 bits per heavy atom. The largest absolute Gasteiger partial charge is 0.338 e. The van der Waals surface area contributed by atoms with Crippen LogP contribution in [0.2, 0.25) is 0 Å². The van der Waals surface area contributed by atoms with Crippen LogP contribution in [0.15, 0.2) is 16.9 Å². The van der Waals surface area contributed by atoms with Gasteiger partial charge in [-0.25, -0.2) is 4.98 Å². The number of hydrogen-bond acceptors (Lipinski definition) is 5. The van der Waals surface area contributed by atoms with Crippen molar-refractivity contribution in [3.63, 3.8) is 0 Å². The lowest BCUT2D eigenvalue weighted by atomic mass is 9.98. The van der Waals surface area contributed by atoms with E-state index >= 15 is 0 Å². The fraction of sp³-hybridized carbons (Fsp3) is 0.667. The molecule has 6 nitrogen and oxygen atoms in total. The van der Waals surface area contributed by atoms with Gasteiger partial charge < -0.3 is 9.09 Å². The maximum Gasteiger partial charge on any atom is 0.240 e. The number of piperidine rings is 1. The first-order chi connectivity index (χ1) is 10.2. The molecule has 0 aromatic carbocycles. The van der Waals surface area contributed by atoms with Gasteiger partial charge in [0.25, 0.3) is 0 Å². The SMILES string of the molecule is CCc1noc(CN2CCC[C@H](Cn3ccnc3C)C2)n1. The monoisotopic (exact) mass is 289 g/mol. The predicted octanol–water partition coefficient (Wildman–Crippen LogP) is 2.05. The fourth-order valence-corrected chi connectivity index (χ4v) is 3.01. The maximum atomic E-state index is 5.30. The summed E-state index contributed by atoms with van der Waals surface area (Å²) in [4.78, 5) is 11.1. The minimum atomic E-state index is 0.667. The van der Waals surface area contributed by atoms with Gasteiger partial charge in [0.2, 0.25) is 5.89 Å². The van der Waals surface area contributed by atoms with Gasteiger partial charge in [-0.1, -0.05) is 12.1 Å². The summed E-state index contributed by atoms with van der Waals surface area (Å²) < 4.78 is 7.55. The molecule has 0 N–H and O–H groups in total. The van der Waals surface area contributed by atoms with Crippen LogP contribution >= 0.6 is 0 Å². The Labute approximate surface area is 125 Å². The van der Waals surface area contributed by atoms with Crippen LogP contribution in [0.4, 0.5) is 0 Å². The van der Waals surface area contributed by atoms with Crippen LogP contribution in [0, 0.1) is 12.8 Å². The molecule has 3 heterocycles. The number of likely N-dealkylation sites (tertiary alicyclic amines) is 1. The van der Waals surface area contributed by atoms with Crippen molar-refractivity contribution in [3.05, 3.63) is 29.9 Å². The smallest absolute Gasteiger partial charge is 0.240 e. The minimum absolute atomic E-state index is 0.667. The molecule has 1 fully saturated rings. The molecule has 3 rings (SSSR count). The third-order valence-electron chi connectivity index (χ3n) is 4.17. The lowest BCUT2D eigenvalue weighted by Gasteiger charge is -2.32. The zero-order chi connectivity index (χ0) is 14.7. The third-order valence-corrected chi connectivity index (χ3v) is 4.17. The molecule has 1 atom stereocenters. The lowest BCUT2D eigenvalue weighted by molar-refractivity contribution is 0.140. The number of rotatable bonds is 5. The van der Waals surface area contributed by atoms with Crippen molar-refractivity contribution < 1.29 is 4.52 Å². The molecule has 0 unspecified atom stereocenters. The molecular weight excluding hydrogens is 266 g/mol. The lowest BCUT2D eigenvalue weighted by Crippen LogP contribution is -2.36. The number of imidazole rings is 1. The summed E-state index contributed by atoms with van der Waals surface area (Å²) in [5, 5.41) is 3.97. The van der Waals surface area contributed by atoms with Gasteiger partial charge in [-0.3, -0.25) is 4.90 Å². The van der Waals surface area contributed by atoms with Gasteiger partial charge in [-0.15, -0.1) is 0 Å². The molecule has 1 aliphatic rings. The van der Waals surface area contributed by atoms with E-state index in [0.717, 1.165) is 50.1 Å². The van der Waals surface area contributed by atoms with E-state index in [1.54, 1.807) is 0 Å². The summed E-state index contributed by atoms with van der Waals surface area (Å²) in [5.74, 6) is 3.30. The molecule has 0 saturated carbocycles. The van der Waals surface area contributed by atoms with Crippen LogP contribution in [0.1, 0.15) is 37.3 Å². The van der Waals surface area contributed by atoms with Crippen molar-refractivity contribution in [1.82, 2.24) is 24.6 Å². The van der Waals surface area contributed by atoms with Crippen LogP contribution in [-0.2, 0) is 19.5 Å². The fourth-order valence-electron chi connectivity index (χ4n) is 3.01. The van der Waals surface area contributed by atoms with Crippen LogP contribution in [0.3, 0.4) is 0 Å². The van der Waals surface area contributed by atoms with Crippen molar-refractivity contribution in [3.8, 4) is 0 Å². The standard InChI is InChI=1S/C15H23N5O/c1-3-14-17-15(21-18-14)11-19-7-4-5-13(9-19)10-20-8-6-16-12(20)2/h6,8,13H,3-5,7,9-11H2,1-2H3/t13-/m0/s1. The Bertz CT molecular complexity index is 576. The highest BCUT2D eigenvalue weighted by atomic mass is 16.5. The molecule has 114 valence electrons. The van der Waals surface area contributed by atoms with Crippen molar-refractivity contribution in [2.45, 2.75) is 46.2 Å². The minimum Gasteiger partial charge on any atom is -0.338 e. The summed E-state index contributed by atoms with van der Waals surface area (Å²) >= 11 is 0. The van der Waals surface area contributed by atoms with E-state index < -0.39 is 0 Å². The molecule has 0 amide bonds. The molecule has 0 bridgehead atoms. The van der Waals surface area contributed by atoms with E-state index in [1.165, 1.54) is 12.8 Å². The molecule has 1 aliphatic heterocycles. The Morgan fingerprint density at radius 3 is 3.05 bits per heavy atom. The topological polar surface area (TPSA) is 60.0 Å². The van der Waals surface area contributed by atoms with Crippen LogP contribution < -0.4 is 0 Å². The quantitative estimate of drug-likeness (QED) is 0.843. The molecular formula is C15H23N5O. The van der Waals surface area contributed by atoms with Gasteiger partial charge in [0.05, 0.1) is 6.54 Å². The first kappa shape index (κ1) is 14.3. The zero-order valence-electron chi connectivity index (χ0n) is 12.8. The van der Waals surface area contributed by atoms with Gasteiger partial charge in [-0.05, 0) is 32.2 Å². The highest BCUT2D eigenvalue weighted by Crippen LogP contribution is 2.20. The molecule has 6 heteroatoms. The van der Waals surface area contributed by atoms with E-state index in [9.17, 15) is 0 Å². The van der Waals surface area contributed by atoms with Crippen molar-refractivity contribution in [1.29, 1.82) is 0 Å². The summed E-state index contributed by atoms with van der Waals surface area (Å²) in [6.45, 7) is 8.12. The molecule has 0 spiro atoms. The van der Waals surface area contributed by atoms with E-state index in [4.69, 9.17) is 4.52 Å². The molecule has 2 aromatic rings. The summed E-state index contributed by atoms with van der Waals surface area (Å²) in [6.07, 6.45) is 7.28.